The third kappa shape index (κ3) is 2.99. The molecule has 1 fully saturated rings. The number of carboxylic acid groups (broad SMARTS) is 1. The molecule has 1 saturated carbocycles. The summed E-state index contributed by atoms with van der Waals surface area (Å²) in [7, 11) is 0. The number of hydrogen-bond acceptors (Lipinski definition) is 3. The number of carbonyl (C=O) groups is 2. The first-order chi connectivity index (χ1) is 6.31. The van der Waals surface area contributed by atoms with Gasteiger partial charge in [-0.05, 0) is 20.3 Å². The lowest BCUT2D eigenvalue weighted by Gasteiger charge is -2.17. The summed E-state index contributed by atoms with van der Waals surface area (Å²) in [5.41, 5.74) is -0.955. The molecule has 1 rings (SSSR count). The molecule has 5 heteroatoms. The Balaban J connectivity index is 2.29. The molecule has 1 aliphatic rings. The molecular weight excluding hydrogens is 186 g/mol. The molecule has 2 atom stereocenters. The van der Waals surface area contributed by atoms with Crippen LogP contribution in [0.15, 0.2) is 0 Å². The first-order valence-electron chi connectivity index (χ1n) is 4.54. The molecule has 0 radical (unpaired) electrons. The molecule has 0 bridgehead atoms. The van der Waals surface area contributed by atoms with Crippen molar-refractivity contribution in [2.75, 3.05) is 6.54 Å². The fourth-order valence-corrected chi connectivity index (χ4v) is 1.19. The molecule has 80 valence electrons. The highest BCUT2D eigenvalue weighted by molar-refractivity contribution is 5.89. The van der Waals surface area contributed by atoms with Crippen LogP contribution in [-0.2, 0) is 9.59 Å². The topological polar surface area (TPSA) is 86.6 Å². The number of carbonyl (C=O) groups excluding carboxylic acids is 1. The van der Waals surface area contributed by atoms with Gasteiger partial charge in [0.1, 0.15) is 0 Å². The quantitative estimate of drug-likeness (QED) is 0.577. The maximum Gasteiger partial charge on any atom is 0.307 e. The van der Waals surface area contributed by atoms with Gasteiger partial charge in [-0.1, -0.05) is 0 Å². The van der Waals surface area contributed by atoms with Gasteiger partial charge in [-0.15, -0.1) is 0 Å². The normalized spacial score (nSPS) is 25.6. The molecule has 0 spiro atoms. The highest BCUT2D eigenvalue weighted by Gasteiger charge is 2.48. The number of aliphatic carboxylic acids is 1. The summed E-state index contributed by atoms with van der Waals surface area (Å²) < 4.78 is 0. The van der Waals surface area contributed by atoms with Gasteiger partial charge in [-0.2, -0.15) is 0 Å². The van der Waals surface area contributed by atoms with Crippen molar-refractivity contribution in [2.24, 2.45) is 11.8 Å². The average molecular weight is 201 g/mol. The zero-order valence-corrected chi connectivity index (χ0v) is 8.28. The van der Waals surface area contributed by atoms with Crippen molar-refractivity contribution in [1.82, 2.24) is 5.32 Å². The van der Waals surface area contributed by atoms with Crippen LogP contribution in [0.1, 0.15) is 20.3 Å². The number of amides is 1. The molecule has 0 unspecified atom stereocenters. The summed E-state index contributed by atoms with van der Waals surface area (Å²) in [6.07, 6.45) is 0.410. The zero-order chi connectivity index (χ0) is 10.9. The van der Waals surface area contributed by atoms with Gasteiger partial charge in [-0.25, -0.2) is 0 Å². The van der Waals surface area contributed by atoms with Crippen LogP contribution in [0.2, 0.25) is 0 Å². The van der Waals surface area contributed by atoms with E-state index in [1.807, 2.05) is 0 Å². The van der Waals surface area contributed by atoms with Crippen LogP contribution in [0.4, 0.5) is 0 Å². The molecule has 5 nitrogen and oxygen atoms in total. The third-order valence-corrected chi connectivity index (χ3v) is 2.14. The molecule has 0 heterocycles. The molecule has 1 amide bonds. The first-order valence-corrected chi connectivity index (χ1v) is 4.54. The smallest absolute Gasteiger partial charge is 0.307 e. The van der Waals surface area contributed by atoms with E-state index < -0.39 is 23.4 Å². The van der Waals surface area contributed by atoms with Gasteiger partial charge in [-0.3, -0.25) is 9.59 Å². The Kier molecular flexibility index (Phi) is 2.80. The summed E-state index contributed by atoms with van der Waals surface area (Å²) >= 11 is 0. The minimum Gasteiger partial charge on any atom is -0.481 e. The van der Waals surface area contributed by atoms with E-state index in [0.717, 1.165) is 0 Å². The lowest BCUT2D eigenvalue weighted by Crippen LogP contribution is -2.39. The predicted octanol–water partition coefficient (Wildman–Crippen LogP) is -0.406. The first kappa shape index (κ1) is 11.0. The second-order valence-electron chi connectivity index (χ2n) is 4.32. The number of rotatable bonds is 4. The number of aliphatic hydroxyl groups is 1. The Labute approximate surface area is 82.1 Å². The summed E-state index contributed by atoms with van der Waals surface area (Å²) in [4.78, 5) is 21.7. The molecule has 1 aliphatic carbocycles. The summed E-state index contributed by atoms with van der Waals surface area (Å²) in [5, 5.41) is 20.4. The van der Waals surface area contributed by atoms with E-state index in [0.29, 0.717) is 6.42 Å². The lowest BCUT2D eigenvalue weighted by atomic mass is 10.1. The van der Waals surface area contributed by atoms with Crippen molar-refractivity contribution in [3.05, 3.63) is 0 Å². The summed E-state index contributed by atoms with van der Waals surface area (Å²) in [5.74, 6) is -2.14. The molecule has 14 heavy (non-hydrogen) atoms. The minimum absolute atomic E-state index is 0.147. The predicted molar refractivity (Wildman–Crippen MR) is 48.5 cm³/mol. The van der Waals surface area contributed by atoms with Crippen LogP contribution >= 0.6 is 0 Å². The lowest BCUT2D eigenvalue weighted by molar-refractivity contribution is -0.140. The van der Waals surface area contributed by atoms with Crippen molar-refractivity contribution in [2.45, 2.75) is 25.9 Å². The van der Waals surface area contributed by atoms with Crippen LogP contribution in [0.25, 0.3) is 0 Å². The molecule has 0 aromatic rings. The van der Waals surface area contributed by atoms with Crippen molar-refractivity contribution in [3.8, 4) is 0 Å². The molecule has 0 aromatic heterocycles. The van der Waals surface area contributed by atoms with E-state index in [9.17, 15) is 14.7 Å². The summed E-state index contributed by atoms with van der Waals surface area (Å²) in [6, 6.07) is 0. The Morgan fingerprint density at radius 1 is 1.43 bits per heavy atom. The van der Waals surface area contributed by atoms with E-state index in [2.05, 4.69) is 5.32 Å². The standard InChI is InChI=1S/C9H15NO4/c1-9(2,14)4-10-7(11)5-3-6(5)8(12)13/h5-6,14H,3-4H2,1-2H3,(H,10,11)(H,12,13)/t5-,6+/m1/s1. The van der Waals surface area contributed by atoms with Gasteiger partial charge in [0.15, 0.2) is 0 Å². The van der Waals surface area contributed by atoms with Crippen LogP contribution in [0.5, 0.6) is 0 Å². The SMILES string of the molecule is CC(C)(O)CNC(=O)[C@@H]1C[C@@H]1C(=O)O. The molecule has 3 N–H and O–H groups in total. The fourth-order valence-electron chi connectivity index (χ4n) is 1.19. The van der Waals surface area contributed by atoms with Gasteiger partial charge in [0.05, 0.1) is 17.4 Å². The highest BCUT2D eigenvalue weighted by atomic mass is 16.4. The highest BCUT2D eigenvalue weighted by Crippen LogP contribution is 2.38. The van der Waals surface area contributed by atoms with Crippen molar-refractivity contribution in [1.29, 1.82) is 0 Å². The molecule has 0 aromatic carbocycles. The van der Waals surface area contributed by atoms with Gasteiger partial charge in [0.2, 0.25) is 5.91 Å². The third-order valence-electron chi connectivity index (χ3n) is 2.14. The number of nitrogens with one attached hydrogen (secondary N) is 1. The molecular formula is C9H15NO4. The van der Waals surface area contributed by atoms with Crippen LogP contribution < -0.4 is 5.32 Å². The Morgan fingerprint density at radius 2 is 2.00 bits per heavy atom. The Morgan fingerprint density at radius 3 is 2.36 bits per heavy atom. The fraction of sp³-hybridized carbons (Fsp3) is 0.778. The van der Waals surface area contributed by atoms with E-state index >= 15 is 0 Å². The van der Waals surface area contributed by atoms with Crippen LogP contribution in [-0.4, -0.2) is 34.2 Å². The van der Waals surface area contributed by atoms with Crippen molar-refractivity contribution in [3.63, 3.8) is 0 Å². The van der Waals surface area contributed by atoms with E-state index in [4.69, 9.17) is 5.11 Å². The molecule has 0 aliphatic heterocycles. The summed E-state index contributed by atoms with van der Waals surface area (Å²) in [6.45, 7) is 3.30. The number of hydrogen-bond donors (Lipinski definition) is 3. The van der Waals surface area contributed by atoms with E-state index in [1.54, 1.807) is 13.8 Å². The van der Waals surface area contributed by atoms with Gasteiger partial charge < -0.3 is 15.5 Å². The zero-order valence-electron chi connectivity index (χ0n) is 8.28. The Hall–Kier alpha value is -1.10. The van der Waals surface area contributed by atoms with Crippen molar-refractivity contribution < 1.29 is 19.8 Å². The number of carboxylic acids is 1. The van der Waals surface area contributed by atoms with E-state index in [1.165, 1.54) is 0 Å². The van der Waals surface area contributed by atoms with Gasteiger partial charge >= 0.3 is 5.97 Å². The average Bonchev–Trinajstić information content (AvgIpc) is 2.77. The maximum absolute atomic E-state index is 11.3. The van der Waals surface area contributed by atoms with Crippen LogP contribution in [0.3, 0.4) is 0 Å². The largest absolute Gasteiger partial charge is 0.481 e. The van der Waals surface area contributed by atoms with Crippen LogP contribution in [0, 0.1) is 11.8 Å². The minimum atomic E-state index is -0.955. The van der Waals surface area contributed by atoms with Gasteiger partial charge in [0, 0.05) is 6.54 Å². The van der Waals surface area contributed by atoms with E-state index in [-0.39, 0.29) is 12.5 Å². The van der Waals surface area contributed by atoms with Gasteiger partial charge in [0.25, 0.3) is 0 Å². The Bertz CT molecular complexity index is 256. The second kappa shape index (κ2) is 3.57. The maximum atomic E-state index is 11.3. The second-order valence-corrected chi connectivity index (χ2v) is 4.32. The molecule has 0 saturated heterocycles. The van der Waals surface area contributed by atoms with Crippen molar-refractivity contribution >= 4 is 11.9 Å². The monoisotopic (exact) mass is 201 g/mol.